The van der Waals surface area contributed by atoms with Gasteiger partial charge in [-0.25, -0.2) is 0 Å². The summed E-state index contributed by atoms with van der Waals surface area (Å²) >= 11 is 0. The zero-order chi connectivity index (χ0) is 11.0. The number of aromatic nitrogens is 2. The van der Waals surface area contributed by atoms with E-state index in [0.29, 0.717) is 6.04 Å². The summed E-state index contributed by atoms with van der Waals surface area (Å²) in [6.07, 6.45) is 2.46. The average molecular weight is 209 g/mol. The summed E-state index contributed by atoms with van der Waals surface area (Å²) in [5.74, 6) is 1.10. The lowest BCUT2D eigenvalue weighted by Gasteiger charge is -2.24. The Labute approximate surface area is 90.5 Å². The normalized spacial score (nSPS) is 21.3. The number of nitrogens with zero attached hydrogens (tertiary/aromatic N) is 3. The Morgan fingerprint density at radius 3 is 2.80 bits per heavy atom. The molecular formula is C11H19N3O. The third kappa shape index (κ3) is 1.63. The monoisotopic (exact) mass is 209 g/mol. The van der Waals surface area contributed by atoms with Crippen molar-refractivity contribution in [1.82, 2.24) is 9.78 Å². The van der Waals surface area contributed by atoms with Gasteiger partial charge >= 0.3 is 0 Å². The number of rotatable bonds is 2. The smallest absolute Gasteiger partial charge is 0.132 e. The van der Waals surface area contributed by atoms with Gasteiger partial charge in [0, 0.05) is 25.2 Å². The Balaban J connectivity index is 2.41. The number of hydrogen-bond acceptors (Lipinski definition) is 3. The van der Waals surface area contributed by atoms with Crippen LogP contribution in [0.25, 0.3) is 0 Å². The molecule has 0 aromatic carbocycles. The van der Waals surface area contributed by atoms with Crippen molar-refractivity contribution in [3.05, 3.63) is 11.3 Å². The van der Waals surface area contributed by atoms with E-state index in [9.17, 15) is 5.11 Å². The maximum atomic E-state index is 9.38. The van der Waals surface area contributed by atoms with Crippen molar-refractivity contribution < 1.29 is 5.11 Å². The lowest BCUT2D eigenvalue weighted by atomic mass is 10.2. The van der Waals surface area contributed by atoms with Crippen LogP contribution in [-0.2, 0) is 13.7 Å². The number of aliphatic hydroxyl groups is 1. The molecule has 0 aliphatic carbocycles. The first-order valence-corrected chi connectivity index (χ1v) is 5.55. The van der Waals surface area contributed by atoms with Crippen LogP contribution in [0.2, 0.25) is 0 Å². The molecule has 0 amide bonds. The fourth-order valence-electron chi connectivity index (χ4n) is 2.48. The van der Waals surface area contributed by atoms with Gasteiger partial charge in [0.1, 0.15) is 5.82 Å². The molecule has 0 bridgehead atoms. The minimum absolute atomic E-state index is 0.0816. The van der Waals surface area contributed by atoms with Gasteiger partial charge < -0.3 is 10.0 Å². The lowest BCUT2D eigenvalue weighted by Crippen LogP contribution is -2.29. The van der Waals surface area contributed by atoms with Crippen LogP contribution in [-0.4, -0.2) is 27.5 Å². The molecule has 4 heteroatoms. The molecule has 4 nitrogen and oxygen atoms in total. The van der Waals surface area contributed by atoms with Crippen LogP contribution < -0.4 is 4.90 Å². The third-order valence-electron chi connectivity index (χ3n) is 3.30. The van der Waals surface area contributed by atoms with Crippen LogP contribution in [0, 0.1) is 6.92 Å². The summed E-state index contributed by atoms with van der Waals surface area (Å²) in [5.41, 5.74) is 1.92. The largest absolute Gasteiger partial charge is 0.391 e. The van der Waals surface area contributed by atoms with Crippen LogP contribution in [0.15, 0.2) is 0 Å². The molecule has 15 heavy (non-hydrogen) atoms. The Kier molecular flexibility index (Phi) is 2.69. The van der Waals surface area contributed by atoms with Crippen LogP contribution in [0.3, 0.4) is 0 Å². The van der Waals surface area contributed by atoms with Crippen molar-refractivity contribution in [3.8, 4) is 0 Å². The second-order valence-electron chi connectivity index (χ2n) is 4.35. The van der Waals surface area contributed by atoms with Gasteiger partial charge in [0.15, 0.2) is 0 Å². The number of aryl methyl sites for hydroxylation is 2. The summed E-state index contributed by atoms with van der Waals surface area (Å²) in [5, 5.41) is 13.8. The van der Waals surface area contributed by atoms with Crippen molar-refractivity contribution in [2.24, 2.45) is 7.05 Å². The van der Waals surface area contributed by atoms with E-state index in [4.69, 9.17) is 0 Å². The molecule has 1 unspecified atom stereocenters. The fourth-order valence-corrected chi connectivity index (χ4v) is 2.48. The Hall–Kier alpha value is -1.03. The summed E-state index contributed by atoms with van der Waals surface area (Å²) in [7, 11) is 1.95. The van der Waals surface area contributed by atoms with Gasteiger partial charge in [0.25, 0.3) is 0 Å². The second-order valence-corrected chi connectivity index (χ2v) is 4.35. The highest BCUT2D eigenvalue weighted by atomic mass is 16.3. The van der Waals surface area contributed by atoms with Gasteiger partial charge in [-0.15, -0.1) is 0 Å². The molecule has 1 N–H and O–H groups in total. The van der Waals surface area contributed by atoms with Gasteiger partial charge in [-0.3, -0.25) is 4.68 Å². The molecule has 0 spiro atoms. The highest BCUT2D eigenvalue weighted by Gasteiger charge is 2.26. The van der Waals surface area contributed by atoms with E-state index in [2.05, 4.69) is 16.9 Å². The van der Waals surface area contributed by atoms with E-state index in [1.54, 1.807) is 0 Å². The maximum absolute atomic E-state index is 9.38. The summed E-state index contributed by atoms with van der Waals surface area (Å²) < 4.78 is 1.89. The van der Waals surface area contributed by atoms with Crippen LogP contribution in [0.1, 0.15) is 31.0 Å². The van der Waals surface area contributed by atoms with E-state index in [0.717, 1.165) is 23.6 Å². The van der Waals surface area contributed by atoms with E-state index >= 15 is 0 Å². The molecule has 0 radical (unpaired) electrons. The van der Waals surface area contributed by atoms with Gasteiger partial charge in [0.05, 0.1) is 12.3 Å². The predicted molar refractivity (Wildman–Crippen MR) is 59.9 cm³/mol. The maximum Gasteiger partial charge on any atom is 0.132 e. The fraction of sp³-hybridized carbons (Fsp3) is 0.727. The molecule has 1 aromatic rings. The Morgan fingerprint density at radius 1 is 1.53 bits per heavy atom. The first-order chi connectivity index (χ1) is 7.15. The van der Waals surface area contributed by atoms with E-state index in [1.807, 2.05) is 18.7 Å². The molecular weight excluding hydrogens is 190 g/mol. The van der Waals surface area contributed by atoms with Crippen LogP contribution in [0.5, 0.6) is 0 Å². The van der Waals surface area contributed by atoms with Crippen molar-refractivity contribution in [1.29, 1.82) is 0 Å². The zero-order valence-electron chi connectivity index (χ0n) is 9.69. The Bertz CT molecular complexity index is 359. The second kappa shape index (κ2) is 3.85. The molecule has 0 saturated carbocycles. The lowest BCUT2D eigenvalue weighted by molar-refractivity contribution is 0.281. The molecule has 1 aliphatic heterocycles. The number of aliphatic hydroxyl groups excluding tert-OH is 1. The standard InChI is InChI=1S/C11H19N3O/c1-8-5-4-6-14(8)11-10(7-15)9(2)12-13(11)3/h8,15H,4-7H2,1-3H3. The van der Waals surface area contributed by atoms with Gasteiger partial charge in [-0.2, -0.15) is 5.10 Å². The van der Waals surface area contributed by atoms with Gasteiger partial charge in [-0.1, -0.05) is 0 Å². The van der Waals surface area contributed by atoms with Crippen molar-refractivity contribution in [3.63, 3.8) is 0 Å². The number of hydrogen-bond donors (Lipinski definition) is 1. The molecule has 1 fully saturated rings. The van der Waals surface area contributed by atoms with E-state index in [-0.39, 0.29) is 6.61 Å². The van der Waals surface area contributed by atoms with Crippen molar-refractivity contribution >= 4 is 5.82 Å². The van der Waals surface area contributed by atoms with Crippen molar-refractivity contribution in [2.75, 3.05) is 11.4 Å². The summed E-state index contributed by atoms with van der Waals surface area (Å²) in [6.45, 7) is 5.34. The molecule has 1 aliphatic rings. The quantitative estimate of drug-likeness (QED) is 0.796. The first kappa shape index (κ1) is 10.5. The van der Waals surface area contributed by atoms with E-state index < -0.39 is 0 Å². The molecule has 2 heterocycles. The molecule has 1 saturated heterocycles. The first-order valence-electron chi connectivity index (χ1n) is 5.55. The number of anilines is 1. The predicted octanol–water partition coefficient (Wildman–Crippen LogP) is 1.21. The highest BCUT2D eigenvalue weighted by Crippen LogP contribution is 2.29. The van der Waals surface area contributed by atoms with Crippen LogP contribution >= 0.6 is 0 Å². The molecule has 1 aromatic heterocycles. The van der Waals surface area contributed by atoms with Crippen LogP contribution in [0.4, 0.5) is 5.82 Å². The summed E-state index contributed by atoms with van der Waals surface area (Å²) in [4.78, 5) is 2.35. The van der Waals surface area contributed by atoms with Gasteiger partial charge in [0.2, 0.25) is 0 Å². The third-order valence-corrected chi connectivity index (χ3v) is 3.30. The zero-order valence-corrected chi connectivity index (χ0v) is 9.69. The topological polar surface area (TPSA) is 41.3 Å². The molecule has 1 atom stereocenters. The van der Waals surface area contributed by atoms with Gasteiger partial charge in [-0.05, 0) is 26.7 Å². The Morgan fingerprint density at radius 2 is 2.27 bits per heavy atom. The van der Waals surface area contributed by atoms with E-state index in [1.165, 1.54) is 12.8 Å². The van der Waals surface area contributed by atoms with Crippen molar-refractivity contribution in [2.45, 2.75) is 39.3 Å². The average Bonchev–Trinajstić information content (AvgIpc) is 2.70. The summed E-state index contributed by atoms with van der Waals surface area (Å²) in [6, 6.07) is 0.560. The minimum Gasteiger partial charge on any atom is -0.391 e. The SMILES string of the molecule is Cc1nn(C)c(N2CCCC2C)c1CO. The highest BCUT2D eigenvalue weighted by molar-refractivity contribution is 5.51. The molecule has 84 valence electrons. The molecule has 2 rings (SSSR count). The minimum atomic E-state index is 0.0816.